The number of carboxylic acid groups (broad SMARTS) is 1. The number of allylic oxidation sites excluding steroid dienone is 20. The fraction of sp³-hybridized carbons (Fsp3) is 0.671. The van der Waals surface area contributed by atoms with Gasteiger partial charge in [-0.05, 0) is 103 Å². The van der Waals surface area contributed by atoms with Crippen LogP contribution < -0.4 is 0 Å². The molecular formula is C70H118NO8+. The average molecular weight is 1100 g/mol. The summed E-state index contributed by atoms with van der Waals surface area (Å²) in [5.74, 6) is -2.04. The molecular weight excluding hydrogens is 983 g/mol. The van der Waals surface area contributed by atoms with Crippen molar-refractivity contribution in [3.05, 3.63) is 122 Å². The van der Waals surface area contributed by atoms with Crippen molar-refractivity contribution in [1.29, 1.82) is 0 Å². The molecule has 450 valence electrons. The topological polar surface area (TPSA) is 108 Å². The lowest BCUT2D eigenvalue weighted by Crippen LogP contribution is -2.40. The predicted molar refractivity (Wildman–Crippen MR) is 336 cm³/mol. The summed E-state index contributed by atoms with van der Waals surface area (Å²) in [7, 11) is 5.96. The number of rotatable bonds is 57. The maximum absolute atomic E-state index is 12.9. The predicted octanol–water partition coefficient (Wildman–Crippen LogP) is 19.2. The van der Waals surface area contributed by atoms with E-state index in [2.05, 4.69) is 135 Å². The molecule has 0 aliphatic rings. The number of carbonyl (C=O) groups is 3. The highest BCUT2D eigenvalue weighted by molar-refractivity contribution is 5.71. The van der Waals surface area contributed by atoms with Crippen molar-refractivity contribution in [3.8, 4) is 0 Å². The van der Waals surface area contributed by atoms with Gasteiger partial charge in [0.25, 0.3) is 6.29 Å². The number of nitrogens with zero attached hydrogens (tertiary/aromatic N) is 1. The summed E-state index contributed by atoms with van der Waals surface area (Å²) in [5, 5.41) is 9.71. The molecule has 79 heavy (non-hydrogen) atoms. The van der Waals surface area contributed by atoms with Gasteiger partial charge in [0, 0.05) is 12.8 Å². The third-order valence-corrected chi connectivity index (χ3v) is 13.2. The number of carbonyl (C=O) groups excluding carboxylic acids is 2. The second kappa shape index (κ2) is 59.8. The molecule has 2 atom stereocenters. The van der Waals surface area contributed by atoms with E-state index in [1.165, 1.54) is 103 Å². The van der Waals surface area contributed by atoms with Gasteiger partial charge in [0.15, 0.2) is 6.10 Å². The van der Waals surface area contributed by atoms with Crippen LogP contribution in [0.3, 0.4) is 0 Å². The lowest BCUT2D eigenvalue weighted by Gasteiger charge is -2.25. The second-order valence-corrected chi connectivity index (χ2v) is 22.0. The SMILES string of the molecule is CC/C=C\C/C=C\C/C=C\C/C=C\C/C=C\C/C=C\CCCCCCCCCCCCCCCCCCCCC(=O)OC(COC(=O)CCCCCC/C=C\C/C=C\C/C=C\C/C=C\CC)COC(OCC[N+](C)(C)C)C(=O)O. The van der Waals surface area contributed by atoms with Crippen LogP contribution in [0.1, 0.15) is 245 Å². The zero-order valence-electron chi connectivity index (χ0n) is 51.2. The summed E-state index contributed by atoms with van der Waals surface area (Å²) >= 11 is 0. The molecule has 0 aromatic rings. The van der Waals surface area contributed by atoms with E-state index in [1.807, 2.05) is 21.1 Å². The number of hydrogen-bond acceptors (Lipinski definition) is 7. The van der Waals surface area contributed by atoms with E-state index in [0.717, 1.165) is 103 Å². The summed E-state index contributed by atoms with van der Waals surface area (Å²) in [6.07, 6.45) is 81.6. The van der Waals surface area contributed by atoms with Crippen LogP contribution in [0.2, 0.25) is 0 Å². The maximum Gasteiger partial charge on any atom is 0.361 e. The Bertz CT molecular complexity index is 1710. The molecule has 0 saturated carbocycles. The first-order valence-corrected chi connectivity index (χ1v) is 31.7. The Labute approximate surface area is 485 Å². The van der Waals surface area contributed by atoms with E-state index >= 15 is 0 Å². The number of quaternary nitrogens is 1. The Kier molecular flexibility index (Phi) is 56.5. The number of ether oxygens (including phenoxy) is 4. The molecule has 0 aromatic heterocycles. The molecule has 0 aliphatic heterocycles. The van der Waals surface area contributed by atoms with Crippen LogP contribution in [0.4, 0.5) is 0 Å². The van der Waals surface area contributed by atoms with Crippen LogP contribution in [-0.2, 0) is 33.3 Å². The monoisotopic (exact) mass is 1100 g/mol. The third-order valence-electron chi connectivity index (χ3n) is 13.2. The Balaban J connectivity index is 4.10. The van der Waals surface area contributed by atoms with Crippen molar-refractivity contribution in [3.63, 3.8) is 0 Å². The normalized spacial score (nSPS) is 13.6. The molecule has 0 rings (SSSR count). The fourth-order valence-electron chi connectivity index (χ4n) is 8.42. The van der Waals surface area contributed by atoms with Crippen molar-refractivity contribution in [2.24, 2.45) is 0 Å². The number of likely N-dealkylation sites (N-methyl/N-ethyl adjacent to an activating group) is 1. The molecule has 0 spiro atoms. The largest absolute Gasteiger partial charge is 0.477 e. The molecule has 2 unspecified atom stereocenters. The van der Waals surface area contributed by atoms with Crippen LogP contribution in [0.5, 0.6) is 0 Å². The van der Waals surface area contributed by atoms with Crippen molar-refractivity contribution >= 4 is 17.9 Å². The highest BCUT2D eigenvalue weighted by Crippen LogP contribution is 2.16. The molecule has 0 bridgehead atoms. The quantitative estimate of drug-likeness (QED) is 0.0211. The van der Waals surface area contributed by atoms with Crippen LogP contribution in [0, 0.1) is 0 Å². The standard InChI is InChI=1S/C70H117NO8/c1-6-8-10-12-14-16-18-20-22-24-25-26-27-28-29-30-31-32-33-34-35-36-37-38-39-40-41-42-43-45-47-49-51-53-55-57-59-61-68(73)79-66(65-78-70(69(74)75)76-63-62-71(3,4)5)64-77-67(72)60-58-56-54-52-50-48-46-44-23-21-19-17-15-13-11-9-7-2/h8-11,14-17,20-23,25-26,28-29,31-32,46,48,66,70H,6-7,12-13,18-19,24,27,30,33-45,47,49-65H2,1-5H3/p+1/b10-8-,11-9-,16-14-,17-15-,22-20-,23-21-,26-25-,29-28-,32-31-,48-46-. The van der Waals surface area contributed by atoms with Crippen LogP contribution in [-0.4, -0.2) is 87.4 Å². The Morgan fingerprint density at radius 2 is 0.684 bits per heavy atom. The summed E-state index contributed by atoms with van der Waals surface area (Å²) in [5.41, 5.74) is 0. The van der Waals surface area contributed by atoms with Gasteiger partial charge in [0.2, 0.25) is 0 Å². The summed E-state index contributed by atoms with van der Waals surface area (Å²) in [4.78, 5) is 37.5. The fourth-order valence-corrected chi connectivity index (χ4v) is 8.42. The van der Waals surface area contributed by atoms with Crippen molar-refractivity contribution in [2.45, 2.75) is 257 Å². The highest BCUT2D eigenvalue weighted by Gasteiger charge is 2.25. The lowest BCUT2D eigenvalue weighted by atomic mass is 10.0. The van der Waals surface area contributed by atoms with Crippen molar-refractivity contribution < 1.29 is 42.9 Å². The van der Waals surface area contributed by atoms with Crippen LogP contribution in [0.15, 0.2) is 122 Å². The second-order valence-electron chi connectivity index (χ2n) is 22.0. The van der Waals surface area contributed by atoms with Gasteiger partial charge in [0.05, 0.1) is 34.4 Å². The van der Waals surface area contributed by atoms with Gasteiger partial charge in [-0.2, -0.15) is 0 Å². The maximum atomic E-state index is 12.9. The van der Waals surface area contributed by atoms with E-state index in [9.17, 15) is 19.5 Å². The van der Waals surface area contributed by atoms with Crippen LogP contribution >= 0.6 is 0 Å². The minimum Gasteiger partial charge on any atom is -0.477 e. The molecule has 0 aromatic carbocycles. The molecule has 0 saturated heterocycles. The van der Waals surface area contributed by atoms with Gasteiger partial charge < -0.3 is 28.5 Å². The van der Waals surface area contributed by atoms with Gasteiger partial charge in [-0.15, -0.1) is 0 Å². The zero-order valence-corrected chi connectivity index (χ0v) is 51.2. The van der Waals surface area contributed by atoms with Gasteiger partial charge in [-0.1, -0.05) is 251 Å². The van der Waals surface area contributed by atoms with Gasteiger partial charge >= 0.3 is 17.9 Å². The average Bonchev–Trinajstić information content (AvgIpc) is 3.42. The minimum atomic E-state index is -1.52. The summed E-state index contributed by atoms with van der Waals surface area (Å²) in [6, 6.07) is 0. The van der Waals surface area contributed by atoms with E-state index < -0.39 is 24.3 Å². The van der Waals surface area contributed by atoms with E-state index in [-0.39, 0.29) is 38.6 Å². The molecule has 0 heterocycles. The number of esters is 2. The molecule has 0 amide bonds. The zero-order chi connectivity index (χ0) is 57.6. The Morgan fingerprint density at radius 3 is 1.01 bits per heavy atom. The molecule has 9 heteroatoms. The number of carboxylic acids is 1. The molecule has 1 N–H and O–H groups in total. The highest BCUT2D eigenvalue weighted by atomic mass is 16.7. The number of aliphatic carboxylic acids is 1. The van der Waals surface area contributed by atoms with Gasteiger partial charge in [-0.3, -0.25) is 9.59 Å². The number of hydrogen-bond donors (Lipinski definition) is 1. The molecule has 0 fully saturated rings. The first kappa shape index (κ1) is 74.7. The van der Waals surface area contributed by atoms with E-state index in [1.54, 1.807) is 0 Å². The molecule has 0 aliphatic carbocycles. The van der Waals surface area contributed by atoms with E-state index in [4.69, 9.17) is 18.9 Å². The Hall–Kier alpha value is -4.31. The lowest BCUT2D eigenvalue weighted by molar-refractivity contribution is -0.870. The Morgan fingerprint density at radius 1 is 0.380 bits per heavy atom. The van der Waals surface area contributed by atoms with Gasteiger partial charge in [-0.25, -0.2) is 4.79 Å². The van der Waals surface area contributed by atoms with Crippen molar-refractivity contribution in [1.82, 2.24) is 0 Å². The number of unbranched alkanes of at least 4 members (excludes halogenated alkanes) is 22. The van der Waals surface area contributed by atoms with Crippen molar-refractivity contribution in [2.75, 3.05) is 47.5 Å². The third kappa shape index (κ3) is 61.2. The van der Waals surface area contributed by atoms with Crippen LogP contribution in [0.25, 0.3) is 0 Å². The smallest absolute Gasteiger partial charge is 0.361 e. The first-order chi connectivity index (χ1) is 38.6. The van der Waals surface area contributed by atoms with Gasteiger partial charge in [0.1, 0.15) is 13.2 Å². The molecule has 9 nitrogen and oxygen atoms in total. The molecule has 0 radical (unpaired) electrons. The summed E-state index contributed by atoms with van der Waals surface area (Å²) < 4.78 is 22.9. The van der Waals surface area contributed by atoms with E-state index in [0.29, 0.717) is 23.9 Å². The summed E-state index contributed by atoms with van der Waals surface area (Å²) in [6.45, 7) is 4.62. The minimum absolute atomic E-state index is 0.179. The first-order valence-electron chi connectivity index (χ1n) is 31.7.